The van der Waals surface area contributed by atoms with Crippen LogP contribution in [0.3, 0.4) is 0 Å². The van der Waals surface area contributed by atoms with E-state index in [1.807, 2.05) is 0 Å². The van der Waals surface area contributed by atoms with Crippen molar-refractivity contribution < 1.29 is 4.79 Å². The molecule has 1 aromatic carbocycles. The van der Waals surface area contributed by atoms with Gasteiger partial charge in [0.15, 0.2) is 0 Å². The van der Waals surface area contributed by atoms with Gasteiger partial charge in [-0.2, -0.15) is 0 Å². The summed E-state index contributed by atoms with van der Waals surface area (Å²) >= 11 is 0. The minimum Gasteiger partial charge on any atom is -0.355 e. The number of fused-ring (bicyclic) bond motifs is 1. The van der Waals surface area contributed by atoms with E-state index in [1.165, 1.54) is 11.1 Å². The van der Waals surface area contributed by atoms with E-state index < -0.39 is 0 Å². The highest BCUT2D eigenvalue weighted by atomic mass is 16.1. The third kappa shape index (κ3) is 3.29. The molecule has 0 bridgehead atoms. The molecule has 1 aliphatic carbocycles. The van der Waals surface area contributed by atoms with Crippen molar-refractivity contribution in [1.82, 2.24) is 10.6 Å². The Balaban J connectivity index is 1.55. The maximum absolute atomic E-state index is 12.4. The summed E-state index contributed by atoms with van der Waals surface area (Å²) in [6.07, 6.45) is 4.08. The zero-order chi connectivity index (χ0) is 14.9. The van der Waals surface area contributed by atoms with Crippen LogP contribution in [0, 0.1) is 11.3 Å². The summed E-state index contributed by atoms with van der Waals surface area (Å²) in [5.41, 5.74) is 3.08. The Morgan fingerprint density at radius 2 is 2.00 bits per heavy atom. The second-order valence-electron chi connectivity index (χ2n) is 7.23. The molecule has 3 nitrogen and oxygen atoms in total. The molecule has 1 aromatic rings. The predicted molar refractivity (Wildman–Crippen MR) is 85.2 cm³/mol. The van der Waals surface area contributed by atoms with E-state index in [2.05, 4.69) is 48.7 Å². The number of nitrogens with one attached hydrogen (secondary N) is 2. The molecular formula is C18H26N2O. The standard InChI is InChI=1S/C18H26N2O/c1-13-9-14(7-8-19-13)17(21)20-12-18(2)10-15-5-3-4-6-16(15)11-18/h3-6,13-14,19H,7-12H2,1-2H3,(H,20,21)/t13-,14-/m0/s1. The molecule has 0 unspecified atom stereocenters. The lowest BCUT2D eigenvalue weighted by Gasteiger charge is -2.29. The Bertz CT molecular complexity index is 501. The first-order valence-electron chi connectivity index (χ1n) is 8.14. The number of carbonyl (C=O) groups is 1. The van der Waals surface area contributed by atoms with E-state index in [0.717, 1.165) is 38.8 Å². The quantitative estimate of drug-likeness (QED) is 0.895. The van der Waals surface area contributed by atoms with Crippen molar-refractivity contribution in [3.8, 4) is 0 Å². The molecule has 2 aliphatic rings. The molecule has 1 heterocycles. The molecular weight excluding hydrogens is 260 g/mol. The number of rotatable bonds is 3. The van der Waals surface area contributed by atoms with Gasteiger partial charge in [0.05, 0.1) is 0 Å². The molecule has 2 N–H and O–H groups in total. The first-order valence-corrected chi connectivity index (χ1v) is 8.14. The van der Waals surface area contributed by atoms with Gasteiger partial charge < -0.3 is 10.6 Å². The molecule has 0 spiro atoms. The molecule has 3 heteroatoms. The largest absolute Gasteiger partial charge is 0.355 e. The third-order valence-corrected chi connectivity index (χ3v) is 5.04. The van der Waals surface area contributed by atoms with Crippen LogP contribution in [0.2, 0.25) is 0 Å². The first-order chi connectivity index (χ1) is 10.1. The Hall–Kier alpha value is -1.35. The Morgan fingerprint density at radius 1 is 1.33 bits per heavy atom. The SMILES string of the molecule is C[C@H]1C[C@@H](C(=O)NCC2(C)Cc3ccccc3C2)CCN1. The average Bonchev–Trinajstić information content (AvgIpc) is 2.81. The lowest BCUT2D eigenvalue weighted by atomic mass is 9.86. The number of hydrogen-bond acceptors (Lipinski definition) is 2. The van der Waals surface area contributed by atoms with Gasteiger partial charge in [-0.1, -0.05) is 31.2 Å². The van der Waals surface area contributed by atoms with Crippen molar-refractivity contribution in [2.45, 2.75) is 45.6 Å². The highest BCUT2D eigenvalue weighted by molar-refractivity contribution is 5.78. The van der Waals surface area contributed by atoms with Gasteiger partial charge in [0.25, 0.3) is 0 Å². The van der Waals surface area contributed by atoms with Crippen molar-refractivity contribution in [2.24, 2.45) is 11.3 Å². The van der Waals surface area contributed by atoms with Gasteiger partial charge in [-0.25, -0.2) is 0 Å². The number of hydrogen-bond donors (Lipinski definition) is 2. The molecule has 0 saturated carbocycles. The number of carbonyl (C=O) groups excluding carboxylic acids is 1. The van der Waals surface area contributed by atoms with Gasteiger partial charge in [-0.15, -0.1) is 0 Å². The number of amides is 1. The highest BCUT2D eigenvalue weighted by Crippen LogP contribution is 2.36. The van der Waals surface area contributed by atoms with E-state index >= 15 is 0 Å². The van der Waals surface area contributed by atoms with Crippen molar-refractivity contribution in [3.63, 3.8) is 0 Å². The molecule has 2 atom stereocenters. The Kier molecular flexibility index (Phi) is 4.03. The Morgan fingerprint density at radius 3 is 2.62 bits per heavy atom. The van der Waals surface area contributed by atoms with Crippen LogP contribution in [0.4, 0.5) is 0 Å². The summed E-state index contributed by atoms with van der Waals surface area (Å²) < 4.78 is 0. The molecule has 1 aliphatic heterocycles. The second kappa shape index (κ2) is 5.80. The van der Waals surface area contributed by atoms with Crippen molar-refractivity contribution in [1.29, 1.82) is 0 Å². The van der Waals surface area contributed by atoms with Gasteiger partial charge in [0, 0.05) is 18.5 Å². The van der Waals surface area contributed by atoms with Crippen LogP contribution in [-0.2, 0) is 17.6 Å². The van der Waals surface area contributed by atoms with Gasteiger partial charge in [0.2, 0.25) is 5.91 Å². The van der Waals surface area contributed by atoms with Gasteiger partial charge >= 0.3 is 0 Å². The number of benzene rings is 1. The minimum atomic E-state index is 0.178. The van der Waals surface area contributed by atoms with E-state index in [1.54, 1.807) is 0 Å². The van der Waals surface area contributed by atoms with E-state index in [-0.39, 0.29) is 17.2 Å². The molecule has 1 amide bonds. The van der Waals surface area contributed by atoms with Crippen LogP contribution >= 0.6 is 0 Å². The maximum Gasteiger partial charge on any atom is 0.223 e. The van der Waals surface area contributed by atoms with Crippen molar-refractivity contribution in [2.75, 3.05) is 13.1 Å². The minimum absolute atomic E-state index is 0.178. The van der Waals surface area contributed by atoms with Crippen LogP contribution in [0.5, 0.6) is 0 Å². The first kappa shape index (κ1) is 14.6. The third-order valence-electron chi connectivity index (χ3n) is 5.04. The fraction of sp³-hybridized carbons (Fsp3) is 0.611. The van der Waals surface area contributed by atoms with E-state index in [0.29, 0.717) is 6.04 Å². The summed E-state index contributed by atoms with van der Waals surface area (Å²) in [6, 6.07) is 9.12. The fourth-order valence-electron chi connectivity index (χ4n) is 3.82. The molecule has 114 valence electrons. The maximum atomic E-state index is 12.4. The van der Waals surface area contributed by atoms with Crippen molar-refractivity contribution >= 4 is 5.91 Å². The molecule has 21 heavy (non-hydrogen) atoms. The van der Waals surface area contributed by atoms with Gasteiger partial charge in [0.1, 0.15) is 0 Å². The van der Waals surface area contributed by atoms with Crippen LogP contribution in [-0.4, -0.2) is 25.0 Å². The van der Waals surface area contributed by atoms with Gasteiger partial charge in [-0.3, -0.25) is 4.79 Å². The Labute approximate surface area is 127 Å². The summed E-state index contributed by atoms with van der Waals surface area (Å²) in [5, 5.41) is 6.63. The van der Waals surface area contributed by atoms with Gasteiger partial charge in [-0.05, 0) is 55.7 Å². The summed E-state index contributed by atoms with van der Waals surface area (Å²) in [7, 11) is 0. The molecule has 0 aromatic heterocycles. The zero-order valence-electron chi connectivity index (χ0n) is 13.1. The lowest BCUT2D eigenvalue weighted by Crippen LogP contribution is -2.45. The fourth-order valence-corrected chi connectivity index (χ4v) is 3.82. The smallest absolute Gasteiger partial charge is 0.223 e. The predicted octanol–water partition coefficient (Wildman–Crippen LogP) is 2.30. The topological polar surface area (TPSA) is 41.1 Å². The van der Waals surface area contributed by atoms with E-state index in [4.69, 9.17) is 0 Å². The summed E-state index contributed by atoms with van der Waals surface area (Å²) in [4.78, 5) is 12.4. The van der Waals surface area contributed by atoms with Crippen LogP contribution in [0.1, 0.15) is 37.8 Å². The van der Waals surface area contributed by atoms with Crippen LogP contribution in [0.15, 0.2) is 24.3 Å². The monoisotopic (exact) mass is 286 g/mol. The van der Waals surface area contributed by atoms with Crippen LogP contribution in [0.25, 0.3) is 0 Å². The normalized spacial score (nSPS) is 27.1. The van der Waals surface area contributed by atoms with Crippen molar-refractivity contribution in [3.05, 3.63) is 35.4 Å². The molecule has 1 saturated heterocycles. The summed E-state index contributed by atoms with van der Waals surface area (Å²) in [6.45, 7) is 6.20. The van der Waals surface area contributed by atoms with Crippen LogP contribution < -0.4 is 10.6 Å². The second-order valence-corrected chi connectivity index (χ2v) is 7.23. The molecule has 0 radical (unpaired) electrons. The highest BCUT2D eigenvalue weighted by Gasteiger charge is 2.34. The average molecular weight is 286 g/mol. The zero-order valence-corrected chi connectivity index (χ0v) is 13.1. The lowest BCUT2D eigenvalue weighted by molar-refractivity contribution is -0.126. The molecule has 1 fully saturated rings. The van der Waals surface area contributed by atoms with E-state index in [9.17, 15) is 4.79 Å². The summed E-state index contributed by atoms with van der Waals surface area (Å²) in [5.74, 6) is 0.439. The molecule has 3 rings (SSSR count). The number of piperidine rings is 1.